The van der Waals surface area contributed by atoms with E-state index in [9.17, 15) is 9.59 Å². The molecule has 0 aliphatic heterocycles. The maximum atomic E-state index is 13.3. The fourth-order valence-corrected chi connectivity index (χ4v) is 3.99. The van der Waals surface area contributed by atoms with E-state index in [1.807, 2.05) is 38.1 Å². The first-order valence-electron chi connectivity index (χ1n) is 11.6. The molecule has 2 rings (SSSR count). The van der Waals surface area contributed by atoms with Crippen molar-refractivity contribution < 1.29 is 14.3 Å². The highest BCUT2D eigenvalue weighted by atomic mass is 35.5. The van der Waals surface area contributed by atoms with Crippen molar-refractivity contribution in [1.29, 1.82) is 0 Å². The van der Waals surface area contributed by atoms with Crippen molar-refractivity contribution >= 4 is 35.0 Å². The maximum absolute atomic E-state index is 13.3. The summed E-state index contributed by atoms with van der Waals surface area (Å²) in [7, 11) is 0. The molecule has 0 saturated carbocycles. The van der Waals surface area contributed by atoms with E-state index in [2.05, 4.69) is 12.2 Å². The topological polar surface area (TPSA) is 58.6 Å². The molecular formula is C26H34Cl2N2O3. The van der Waals surface area contributed by atoms with Crippen LogP contribution in [0.25, 0.3) is 0 Å². The van der Waals surface area contributed by atoms with Gasteiger partial charge in [-0.2, -0.15) is 0 Å². The van der Waals surface area contributed by atoms with Crippen LogP contribution in [-0.4, -0.2) is 35.9 Å². The van der Waals surface area contributed by atoms with E-state index in [0.29, 0.717) is 41.6 Å². The minimum absolute atomic E-state index is 0.129. The van der Waals surface area contributed by atoms with Gasteiger partial charge < -0.3 is 15.0 Å². The summed E-state index contributed by atoms with van der Waals surface area (Å²) in [5, 5.41) is 3.91. The highest BCUT2D eigenvalue weighted by Gasteiger charge is 2.29. The van der Waals surface area contributed by atoms with Crippen molar-refractivity contribution in [2.24, 2.45) is 0 Å². The summed E-state index contributed by atoms with van der Waals surface area (Å²) in [6, 6.07) is 12.4. The molecule has 0 fully saturated rings. The number of unbranched alkanes of at least 4 members (excludes halogenated alkanes) is 1. The molecule has 0 radical (unpaired) electrons. The molecule has 0 bridgehead atoms. The largest absolute Gasteiger partial charge is 0.494 e. The number of hydrogen-bond donors (Lipinski definition) is 1. The summed E-state index contributed by atoms with van der Waals surface area (Å²) in [6.45, 7) is 7.16. The first-order valence-corrected chi connectivity index (χ1v) is 12.3. The summed E-state index contributed by atoms with van der Waals surface area (Å²) >= 11 is 12.7. The van der Waals surface area contributed by atoms with Crippen LogP contribution in [0.5, 0.6) is 5.75 Å². The van der Waals surface area contributed by atoms with E-state index in [0.717, 1.165) is 24.2 Å². The maximum Gasteiger partial charge on any atom is 0.242 e. The van der Waals surface area contributed by atoms with Crippen molar-refractivity contribution in [3.8, 4) is 5.75 Å². The van der Waals surface area contributed by atoms with Crippen LogP contribution in [0, 0.1) is 6.92 Å². The minimum Gasteiger partial charge on any atom is -0.494 e. The van der Waals surface area contributed by atoms with Crippen molar-refractivity contribution in [3.63, 3.8) is 0 Å². The second-order valence-electron chi connectivity index (χ2n) is 8.06. The van der Waals surface area contributed by atoms with Crippen molar-refractivity contribution in [3.05, 3.63) is 63.6 Å². The standard InChI is InChI=1S/C26H34Cl2N2O3/c1-4-6-16-29-26(32)24(5-2)30(18-21-22(27)9-7-10-23(21)28)25(31)11-8-17-33-20-14-12-19(3)13-15-20/h7,9-10,12-15,24H,4-6,8,11,16-18H2,1-3H3,(H,29,32). The molecule has 7 heteroatoms. The molecule has 0 saturated heterocycles. The van der Waals surface area contributed by atoms with Crippen LogP contribution >= 0.6 is 23.2 Å². The lowest BCUT2D eigenvalue weighted by atomic mass is 10.1. The van der Waals surface area contributed by atoms with E-state index in [1.54, 1.807) is 23.1 Å². The van der Waals surface area contributed by atoms with E-state index in [1.165, 1.54) is 0 Å². The summed E-state index contributed by atoms with van der Waals surface area (Å²) in [4.78, 5) is 27.8. The number of carbonyl (C=O) groups excluding carboxylic acids is 2. The van der Waals surface area contributed by atoms with Gasteiger partial charge in [0.2, 0.25) is 11.8 Å². The van der Waals surface area contributed by atoms with Crippen LogP contribution in [0.1, 0.15) is 57.1 Å². The number of benzene rings is 2. The Balaban J connectivity index is 2.09. The number of ether oxygens (including phenoxy) is 1. The zero-order valence-electron chi connectivity index (χ0n) is 19.7. The van der Waals surface area contributed by atoms with Gasteiger partial charge in [0, 0.05) is 35.1 Å². The van der Waals surface area contributed by atoms with E-state index in [-0.39, 0.29) is 24.8 Å². The van der Waals surface area contributed by atoms with Crippen LogP contribution < -0.4 is 10.1 Å². The lowest BCUT2D eigenvalue weighted by Gasteiger charge is -2.31. The lowest BCUT2D eigenvalue weighted by molar-refractivity contribution is -0.141. The highest BCUT2D eigenvalue weighted by molar-refractivity contribution is 6.36. The molecule has 0 aliphatic carbocycles. The molecule has 1 unspecified atom stereocenters. The molecular weight excluding hydrogens is 459 g/mol. The molecule has 0 aliphatic rings. The summed E-state index contributed by atoms with van der Waals surface area (Å²) < 4.78 is 5.76. The number of carbonyl (C=O) groups is 2. The number of nitrogens with one attached hydrogen (secondary N) is 1. The van der Waals surface area contributed by atoms with Crippen molar-refractivity contribution in [2.75, 3.05) is 13.2 Å². The Bertz CT molecular complexity index is 883. The minimum atomic E-state index is -0.597. The van der Waals surface area contributed by atoms with Crippen LogP contribution in [0.15, 0.2) is 42.5 Å². The average Bonchev–Trinajstić information content (AvgIpc) is 2.79. The van der Waals surface area contributed by atoms with Gasteiger partial charge >= 0.3 is 0 Å². The predicted molar refractivity (Wildman–Crippen MR) is 135 cm³/mol. The molecule has 0 spiro atoms. The normalized spacial score (nSPS) is 11.7. The quantitative estimate of drug-likeness (QED) is 0.339. The van der Waals surface area contributed by atoms with E-state index >= 15 is 0 Å². The zero-order valence-corrected chi connectivity index (χ0v) is 21.2. The Labute approximate surface area is 207 Å². The predicted octanol–water partition coefficient (Wildman–Crippen LogP) is 6.18. The van der Waals surface area contributed by atoms with E-state index < -0.39 is 6.04 Å². The Hall–Kier alpha value is -2.24. The van der Waals surface area contributed by atoms with Gasteiger partial charge in [0.25, 0.3) is 0 Å². The Morgan fingerprint density at radius 3 is 2.30 bits per heavy atom. The van der Waals surface area contributed by atoms with Gasteiger partial charge in [0.15, 0.2) is 0 Å². The number of halogens is 2. The zero-order chi connectivity index (χ0) is 24.2. The third-order valence-electron chi connectivity index (χ3n) is 5.43. The van der Waals surface area contributed by atoms with Gasteiger partial charge in [-0.05, 0) is 50.5 Å². The Morgan fingerprint density at radius 2 is 1.70 bits per heavy atom. The number of amides is 2. The molecule has 0 heterocycles. The number of hydrogen-bond acceptors (Lipinski definition) is 3. The van der Waals surface area contributed by atoms with Gasteiger partial charge in [-0.15, -0.1) is 0 Å². The van der Waals surface area contributed by atoms with Crippen LogP contribution in [0.2, 0.25) is 10.0 Å². The van der Waals surface area contributed by atoms with Gasteiger partial charge in [-0.1, -0.05) is 67.2 Å². The molecule has 0 aromatic heterocycles. The molecule has 180 valence electrons. The number of nitrogens with zero attached hydrogens (tertiary/aromatic N) is 1. The smallest absolute Gasteiger partial charge is 0.242 e. The molecule has 2 amide bonds. The molecule has 33 heavy (non-hydrogen) atoms. The Morgan fingerprint density at radius 1 is 1.03 bits per heavy atom. The average molecular weight is 493 g/mol. The summed E-state index contributed by atoms with van der Waals surface area (Å²) in [5.74, 6) is 0.490. The van der Waals surface area contributed by atoms with Crippen molar-refractivity contribution in [2.45, 2.75) is 65.5 Å². The summed E-state index contributed by atoms with van der Waals surface area (Å²) in [6.07, 6.45) is 3.16. The van der Waals surface area contributed by atoms with Crippen LogP contribution in [-0.2, 0) is 16.1 Å². The number of rotatable bonds is 13. The first kappa shape index (κ1) is 27.0. The second-order valence-corrected chi connectivity index (χ2v) is 8.87. The molecule has 5 nitrogen and oxygen atoms in total. The third kappa shape index (κ3) is 8.56. The number of aryl methyl sites for hydroxylation is 1. The van der Waals surface area contributed by atoms with Gasteiger partial charge in [0.05, 0.1) is 6.61 Å². The molecule has 2 aromatic carbocycles. The molecule has 1 atom stereocenters. The fraction of sp³-hybridized carbons (Fsp3) is 0.462. The van der Waals surface area contributed by atoms with Gasteiger partial charge in [-0.25, -0.2) is 0 Å². The molecule has 1 N–H and O–H groups in total. The van der Waals surface area contributed by atoms with Crippen LogP contribution in [0.3, 0.4) is 0 Å². The van der Waals surface area contributed by atoms with Crippen LogP contribution in [0.4, 0.5) is 0 Å². The Kier molecular flexibility index (Phi) is 11.6. The second kappa shape index (κ2) is 14.1. The van der Waals surface area contributed by atoms with E-state index in [4.69, 9.17) is 27.9 Å². The third-order valence-corrected chi connectivity index (χ3v) is 6.14. The van der Waals surface area contributed by atoms with Gasteiger partial charge in [0.1, 0.15) is 11.8 Å². The van der Waals surface area contributed by atoms with Gasteiger partial charge in [-0.3, -0.25) is 9.59 Å². The fourth-order valence-electron chi connectivity index (χ4n) is 3.47. The molecule has 2 aromatic rings. The lowest BCUT2D eigenvalue weighted by Crippen LogP contribution is -2.49. The first-order chi connectivity index (χ1) is 15.9. The van der Waals surface area contributed by atoms with Crippen molar-refractivity contribution in [1.82, 2.24) is 10.2 Å². The summed E-state index contributed by atoms with van der Waals surface area (Å²) in [5.41, 5.74) is 1.80. The SMILES string of the molecule is CCCCNC(=O)C(CC)N(Cc1c(Cl)cccc1Cl)C(=O)CCCOc1ccc(C)cc1. The monoisotopic (exact) mass is 492 g/mol. The highest BCUT2D eigenvalue weighted by Crippen LogP contribution is 2.27.